The molecule has 0 aromatic carbocycles. The Labute approximate surface area is 222 Å². The van der Waals surface area contributed by atoms with Gasteiger partial charge in [-0.2, -0.15) is 0 Å². The summed E-state index contributed by atoms with van der Waals surface area (Å²) in [5, 5.41) is 101. The molecule has 0 aliphatic heterocycles. The van der Waals surface area contributed by atoms with Crippen LogP contribution in [0.4, 0.5) is 0 Å². The zero-order valence-electron chi connectivity index (χ0n) is 19.9. The summed E-state index contributed by atoms with van der Waals surface area (Å²) in [7, 11) is 0. The lowest BCUT2D eigenvalue weighted by molar-refractivity contribution is -0.170. The molecule has 0 aliphatic rings. The number of carboxylic acids is 9. The molecule has 0 saturated carbocycles. The second kappa shape index (κ2) is 17.6. The summed E-state index contributed by atoms with van der Waals surface area (Å²) >= 11 is 0. The van der Waals surface area contributed by atoms with Gasteiger partial charge >= 0.3 is 53.7 Å². The largest absolute Gasteiger partial charge is 0.481 e. The van der Waals surface area contributed by atoms with Gasteiger partial charge in [0.25, 0.3) is 0 Å². The fraction of sp³-hybridized carbons (Fsp3) is 0.500. The molecule has 0 bridgehead atoms. The van der Waals surface area contributed by atoms with Crippen molar-refractivity contribution in [3.8, 4) is 0 Å². The summed E-state index contributed by atoms with van der Waals surface area (Å²) in [5.74, 6) is -15.1. The fourth-order valence-electron chi connectivity index (χ4n) is 2.14. The van der Waals surface area contributed by atoms with Gasteiger partial charge in [-0.1, -0.05) is 0 Å². The molecule has 12 N–H and O–H groups in total. The molecule has 0 atom stereocenters. The van der Waals surface area contributed by atoms with Crippen LogP contribution in [0.2, 0.25) is 0 Å². The first-order valence-corrected chi connectivity index (χ1v) is 9.51. The molecule has 0 rings (SSSR count). The molecule has 0 aromatic rings. The average Bonchev–Trinajstić information content (AvgIpc) is 2.64. The second-order valence-corrected chi connectivity index (χ2v) is 7.43. The highest BCUT2D eigenvalue weighted by atomic mass is 16.4. The van der Waals surface area contributed by atoms with Crippen LogP contribution in [0.1, 0.15) is 38.5 Å². The molecule has 22 heteroatoms. The van der Waals surface area contributed by atoms with Crippen molar-refractivity contribution in [3.63, 3.8) is 0 Å². The van der Waals surface area contributed by atoms with Crippen LogP contribution in [0, 0.1) is 0 Å². The summed E-state index contributed by atoms with van der Waals surface area (Å²) < 4.78 is 0. The minimum absolute atomic E-state index is 0. The third-order valence-electron chi connectivity index (χ3n) is 3.86. The summed E-state index contributed by atoms with van der Waals surface area (Å²) in [4.78, 5) is 91.5. The van der Waals surface area contributed by atoms with E-state index in [1.165, 1.54) is 0 Å². The van der Waals surface area contributed by atoms with Gasteiger partial charge in [-0.3, -0.25) is 28.8 Å². The van der Waals surface area contributed by atoms with E-state index in [0.29, 0.717) is 0 Å². The summed E-state index contributed by atoms with van der Waals surface area (Å²) in [6, 6.07) is 0. The van der Waals surface area contributed by atoms with Gasteiger partial charge in [0.1, 0.15) is 0 Å². The van der Waals surface area contributed by atoms with E-state index in [1.807, 2.05) is 0 Å². The topological polar surface area (TPSA) is 396 Å². The summed E-state index contributed by atoms with van der Waals surface area (Å²) in [6.45, 7) is 0. The molecule has 40 heavy (non-hydrogen) atoms. The molecule has 0 saturated heterocycles. The van der Waals surface area contributed by atoms with Crippen molar-refractivity contribution in [2.75, 3.05) is 0 Å². The first kappa shape index (κ1) is 42.3. The van der Waals surface area contributed by atoms with Crippen molar-refractivity contribution in [3.05, 3.63) is 0 Å². The van der Waals surface area contributed by atoms with Gasteiger partial charge in [-0.15, -0.1) is 0 Å². The normalized spacial score (nSPS) is 10.6. The van der Waals surface area contributed by atoms with Gasteiger partial charge in [0.05, 0.1) is 38.5 Å². The first-order chi connectivity index (χ1) is 17.3. The molecule has 0 unspecified atom stereocenters. The average molecular weight is 587 g/mol. The van der Waals surface area contributed by atoms with Crippen LogP contribution in [0.3, 0.4) is 0 Å². The van der Waals surface area contributed by atoms with Crippen molar-refractivity contribution >= 4 is 62.1 Å². The van der Waals surface area contributed by atoms with Crippen LogP contribution < -0.4 is 0 Å². The third-order valence-corrected chi connectivity index (χ3v) is 3.86. The van der Waals surface area contributed by atoms with Gasteiger partial charge in [0.2, 0.25) is 0 Å². The Kier molecular flexibility index (Phi) is 18.6. The molecule has 0 aromatic heterocycles. The maximum absolute atomic E-state index is 10.3. The maximum Gasteiger partial charge on any atom is 0.336 e. The summed E-state index contributed by atoms with van der Waals surface area (Å²) in [6.07, 6.45) is -6.87. The zero-order valence-corrected chi connectivity index (χ0v) is 19.9. The number of carbonyl (C=O) groups is 9. The highest BCUT2D eigenvalue weighted by Gasteiger charge is 2.42. The van der Waals surface area contributed by atoms with E-state index >= 15 is 0 Å². The highest BCUT2D eigenvalue weighted by molar-refractivity contribution is 5.89. The van der Waals surface area contributed by atoms with Gasteiger partial charge in [0, 0.05) is 8.41 Å². The van der Waals surface area contributed by atoms with Gasteiger partial charge < -0.3 is 61.3 Å². The lowest BCUT2D eigenvalue weighted by Gasteiger charge is -2.18. The van der Waals surface area contributed by atoms with Gasteiger partial charge in [-0.05, 0) is 0 Å². The molecule has 0 spiro atoms. The SMILES string of the molecule is O=C(O)CC(O)(CC(=O)O)C(=O)O.O=C(O)CC(O)(CC(=O)O)C(=O)O.O=C(O)CC(O)(CC(=O)O)C(=O)O.[B]. The minimum atomic E-state index is -2.74. The number of rotatable bonds is 15. The van der Waals surface area contributed by atoms with E-state index in [9.17, 15) is 43.2 Å². The van der Waals surface area contributed by atoms with E-state index in [2.05, 4.69) is 0 Å². The third kappa shape index (κ3) is 18.4. The Bertz CT molecular complexity index is 812. The number of carboxylic acid groups (broad SMARTS) is 9. The molecule has 0 aliphatic carbocycles. The monoisotopic (exact) mass is 587 g/mol. The van der Waals surface area contributed by atoms with Crippen molar-refractivity contribution < 1.29 is 104 Å². The number of hydrogen-bond acceptors (Lipinski definition) is 12. The Morgan fingerprint density at radius 3 is 0.475 bits per heavy atom. The van der Waals surface area contributed by atoms with Crippen molar-refractivity contribution in [2.24, 2.45) is 0 Å². The molecule has 0 fully saturated rings. The lowest BCUT2D eigenvalue weighted by Crippen LogP contribution is -2.42. The quantitative estimate of drug-likeness (QED) is 0.0809. The molecular weight excluding hydrogens is 563 g/mol. The zero-order chi connectivity index (χ0) is 31.9. The van der Waals surface area contributed by atoms with E-state index < -0.39 is 109 Å². The molecular formula is C18H24BO21. The van der Waals surface area contributed by atoms with E-state index in [4.69, 9.17) is 61.3 Å². The van der Waals surface area contributed by atoms with Crippen molar-refractivity contribution in [1.82, 2.24) is 0 Å². The Morgan fingerprint density at radius 1 is 0.325 bits per heavy atom. The number of aliphatic carboxylic acids is 9. The Morgan fingerprint density at radius 2 is 0.425 bits per heavy atom. The predicted molar refractivity (Wildman–Crippen MR) is 117 cm³/mol. The van der Waals surface area contributed by atoms with Gasteiger partial charge in [0.15, 0.2) is 16.8 Å². The molecule has 21 nitrogen and oxygen atoms in total. The number of aliphatic hydroxyl groups is 3. The highest BCUT2D eigenvalue weighted by Crippen LogP contribution is 2.17. The smallest absolute Gasteiger partial charge is 0.336 e. The van der Waals surface area contributed by atoms with Crippen LogP contribution in [0.15, 0.2) is 0 Å². The van der Waals surface area contributed by atoms with E-state index in [0.717, 1.165) is 0 Å². The van der Waals surface area contributed by atoms with Crippen LogP contribution >= 0.6 is 0 Å². The van der Waals surface area contributed by atoms with Crippen molar-refractivity contribution in [1.29, 1.82) is 0 Å². The van der Waals surface area contributed by atoms with Crippen LogP contribution in [-0.4, -0.2) is 140 Å². The van der Waals surface area contributed by atoms with E-state index in [1.54, 1.807) is 0 Å². The maximum atomic E-state index is 10.3. The summed E-state index contributed by atoms with van der Waals surface area (Å²) in [5.41, 5.74) is -8.22. The molecule has 3 radical (unpaired) electrons. The Hall–Kier alpha value is -4.83. The van der Waals surface area contributed by atoms with Gasteiger partial charge in [-0.25, -0.2) is 14.4 Å². The van der Waals surface area contributed by atoms with Crippen molar-refractivity contribution in [2.45, 2.75) is 55.3 Å². The lowest BCUT2D eigenvalue weighted by atomic mass is 9.96. The van der Waals surface area contributed by atoms with Crippen LogP contribution in [-0.2, 0) is 43.2 Å². The first-order valence-electron chi connectivity index (χ1n) is 9.51. The fourth-order valence-corrected chi connectivity index (χ4v) is 2.14. The molecule has 225 valence electrons. The molecule has 0 heterocycles. The standard InChI is InChI=1S/3C6H8O7.B/c3*7-3(8)1-6(13,5(11)12)2-4(9)10;/h3*13H,1-2H2,(H,7,8)(H,9,10)(H,11,12);. The number of hydrogen-bond donors (Lipinski definition) is 12. The second-order valence-electron chi connectivity index (χ2n) is 7.43. The molecule has 0 amide bonds. The van der Waals surface area contributed by atoms with Crippen LogP contribution in [0.25, 0.3) is 0 Å². The predicted octanol–water partition coefficient (Wildman–Crippen LogP) is -4.13. The minimum Gasteiger partial charge on any atom is -0.481 e. The van der Waals surface area contributed by atoms with E-state index in [-0.39, 0.29) is 8.41 Å². The Balaban J connectivity index is -0.000000240. The van der Waals surface area contributed by atoms with Crippen LogP contribution in [0.5, 0.6) is 0 Å².